The molecule has 0 saturated heterocycles. The van der Waals surface area contributed by atoms with Gasteiger partial charge in [-0.25, -0.2) is 4.79 Å². The van der Waals surface area contributed by atoms with Crippen molar-refractivity contribution in [2.45, 2.75) is 83.9 Å². The predicted molar refractivity (Wildman–Crippen MR) is 93.8 cm³/mol. The van der Waals surface area contributed by atoms with Crippen molar-refractivity contribution in [3.63, 3.8) is 0 Å². The zero-order valence-corrected chi connectivity index (χ0v) is 17.4. The van der Waals surface area contributed by atoms with Gasteiger partial charge in [0.05, 0.1) is 18.2 Å². The largest absolute Gasteiger partial charge is 0.443 e. The van der Waals surface area contributed by atoms with E-state index in [4.69, 9.17) is 9.16 Å². The van der Waals surface area contributed by atoms with Crippen LogP contribution in [0, 0.1) is 0 Å². The number of carbonyl (C=O) groups excluding carboxylic acids is 1. The van der Waals surface area contributed by atoms with E-state index in [-0.39, 0.29) is 18.1 Å². The molecule has 1 unspecified atom stereocenters. The molecule has 0 fully saturated rings. The molecule has 1 aliphatic rings. The molecular weight excluding hydrogens is 351 g/mol. The van der Waals surface area contributed by atoms with Gasteiger partial charge in [0, 0.05) is 12.6 Å². The van der Waals surface area contributed by atoms with Crippen LogP contribution in [0.1, 0.15) is 48.0 Å². The number of hydrogen-bond acceptors (Lipinski definition) is 3. The van der Waals surface area contributed by atoms with E-state index in [0.717, 1.165) is 11.1 Å². The molecule has 0 bridgehead atoms. The van der Waals surface area contributed by atoms with Crippen LogP contribution < -0.4 is 0 Å². The van der Waals surface area contributed by atoms with E-state index in [0.29, 0.717) is 0 Å². The summed E-state index contributed by atoms with van der Waals surface area (Å²) in [5, 5.41) is -0.0668. The first kappa shape index (κ1) is 22.0. The van der Waals surface area contributed by atoms with Crippen LogP contribution >= 0.6 is 0 Å². The van der Waals surface area contributed by atoms with E-state index in [1.54, 1.807) is 20.8 Å². The third kappa shape index (κ3) is 6.02. The Morgan fingerprint density at radius 1 is 1.20 bits per heavy atom. The van der Waals surface area contributed by atoms with Crippen LogP contribution in [0.25, 0.3) is 0 Å². The summed E-state index contributed by atoms with van der Waals surface area (Å²) in [6.45, 7) is 15.3. The van der Waals surface area contributed by atoms with Crippen molar-refractivity contribution in [1.82, 2.24) is 4.90 Å². The zero-order valence-electron chi connectivity index (χ0n) is 16.4. The Labute approximate surface area is 149 Å². The van der Waals surface area contributed by atoms with Gasteiger partial charge in [0.15, 0.2) is 8.32 Å². The molecule has 0 N–H and O–H groups in total. The second-order valence-corrected chi connectivity index (χ2v) is 13.8. The summed E-state index contributed by atoms with van der Waals surface area (Å²) >= 11 is 0. The Kier molecular flexibility index (Phi) is 6.12. The van der Waals surface area contributed by atoms with Crippen LogP contribution in [-0.2, 0) is 9.16 Å². The lowest BCUT2D eigenvalue weighted by molar-refractivity contribution is -0.0935. The van der Waals surface area contributed by atoms with E-state index in [1.165, 1.54) is 0 Å². The van der Waals surface area contributed by atoms with Gasteiger partial charge in [-0.2, -0.15) is 13.2 Å². The maximum Gasteiger partial charge on any atom is 0.414 e. The lowest BCUT2D eigenvalue weighted by atomic mass is 10.1. The molecule has 0 aromatic rings. The third-order valence-electron chi connectivity index (χ3n) is 4.56. The zero-order chi connectivity index (χ0) is 19.8. The number of halogens is 3. The molecule has 0 saturated carbocycles. The van der Waals surface area contributed by atoms with E-state index >= 15 is 0 Å². The predicted octanol–water partition coefficient (Wildman–Crippen LogP) is 5.46. The van der Waals surface area contributed by atoms with E-state index < -0.39 is 37.8 Å². The summed E-state index contributed by atoms with van der Waals surface area (Å²) in [6.07, 6.45) is -4.67. The summed E-state index contributed by atoms with van der Waals surface area (Å²) in [4.78, 5) is 13.3. The van der Waals surface area contributed by atoms with Crippen molar-refractivity contribution in [3.05, 3.63) is 11.8 Å². The molecule has 0 spiro atoms. The minimum Gasteiger partial charge on any atom is -0.443 e. The molecule has 0 aromatic carbocycles. The van der Waals surface area contributed by atoms with Gasteiger partial charge in [-0.05, 0) is 38.9 Å². The second-order valence-electron chi connectivity index (χ2n) is 8.97. The Morgan fingerprint density at radius 3 is 2.12 bits per heavy atom. The standard InChI is InChI=1S/C17H30F3NO3Si/c1-15(2,3)24-14(22)21-10-12(17(18,19)20)9-13(21)11-23-25(7,8)16(4,5)6/h10,13H,9,11H2,1-8H3. The SMILES string of the molecule is CC(C)(C)OC(=O)N1C=C(C(F)(F)F)CC1CO[Si](C)(C)C(C)(C)C. The van der Waals surface area contributed by atoms with Crippen LogP contribution in [0.5, 0.6) is 0 Å². The number of amides is 1. The van der Waals surface area contributed by atoms with Crippen LogP contribution in [0.2, 0.25) is 18.1 Å². The third-order valence-corrected chi connectivity index (χ3v) is 9.06. The van der Waals surface area contributed by atoms with Crippen molar-refractivity contribution in [2.24, 2.45) is 0 Å². The van der Waals surface area contributed by atoms with Gasteiger partial charge in [-0.1, -0.05) is 20.8 Å². The smallest absolute Gasteiger partial charge is 0.414 e. The van der Waals surface area contributed by atoms with Crippen LogP contribution in [-0.4, -0.2) is 43.7 Å². The molecule has 0 aromatic heterocycles. The normalized spacial score (nSPS) is 19.9. The maximum absolute atomic E-state index is 13.1. The Balaban J connectivity index is 2.95. The molecule has 146 valence electrons. The van der Waals surface area contributed by atoms with Gasteiger partial charge < -0.3 is 9.16 Å². The highest BCUT2D eigenvalue weighted by atomic mass is 28.4. The average Bonchev–Trinajstić information content (AvgIpc) is 2.76. The molecule has 1 aliphatic heterocycles. The van der Waals surface area contributed by atoms with Crippen LogP contribution in [0.15, 0.2) is 11.8 Å². The van der Waals surface area contributed by atoms with Gasteiger partial charge in [-0.3, -0.25) is 4.90 Å². The minimum atomic E-state index is -4.47. The average molecular weight is 382 g/mol. The van der Waals surface area contributed by atoms with Gasteiger partial charge in [0.2, 0.25) is 0 Å². The lowest BCUT2D eigenvalue weighted by Crippen LogP contribution is -2.46. The fourth-order valence-electron chi connectivity index (χ4n) is 2.04. The Bertz CT molecular complexity index is 531. The van der Waals surface area contributed by atoms with Gasteiger partial charge in [0.1, 0.15) is 5.60 Å². The summed E-state index contributed by atoms with van der Waals surface area (Å²) in [5.41, 5.74) is -1.52. The Hall–Kier alpha value is -1.02. The van der Waals surface area contributed by atoms with Gasteiger partial charge >= 0.3 is 12.3 Å². The van der Waals surface area contributed by atoms with E-state index in [2.05, 4.69) is 20.8 Å². The highest BCUT2D eigenvalue weighted by molar-refractivity contribution is 6.74. The fraction of sp³-hybridized carbons (Fsp3) is 0.824. The van der Waals surface area contributed by atoms with Crippen molar-refractivity contribution in [3.8, 4) is 0 Å². The van der Waals surface area contributed by atoms with Crippen molar-refractivity contribution in [1.29, 1.82) is 0 Å². The number of nitrogens with zero attached hydrogens (tertiary/aromatic N) is 1. The van der Waals surface area contributed by atoms with E-state index in [9.17, 15) is 18.0 Å². The molecule has 8 heteroatoms. The van der Waals surface area contributed by atoms with Gasteiger partial charge in [-0.15, -0.1) is 0 Å². The molecule has 1 atom stereocenters. The Morgan fingerprint density at radius 2 is 1.72 bits per heavy atom. The first-order chi connectivity index (χ1) is 10.9. The number of carbonyl (C=O) groups is 1. The number of alkyl halides is 3. The molecule has 1 heterocycles. The van der Waals surface area contributed by atoms with Crippen molar-refractivity contribution in [2.75, 3.05) is 6.61 Å². The van der Waals surface area contributed by atoms with Gasteiger partial charge in [0.25, 0.3) is 0 Å². The first-order valence-electron chi connectivity index (χ1n) is 8.37. The minimum absolute atomic E-state index is 0.0613. The number of rotatable bonds is 3. The molecule has 25 heavy (non-hydrogen) atoms. The van der Waals surface area contributed by atoms with Crippen molar-refractivity contribution >= 4 is 14.4 Å². The quantitative estimate of drug-likeness (QED) is 0.609. The topological polar surface area (TPSA) is 38.8 Å². The molecular formula is C17H30F3NO3Si. The molecule has 4 nitrogen and oxygen atoms in total. The van der Waals surface area contributed by atoms with Crippen LogP contribution in [0.3, 0.4) is 0 Å². The fourth-order valence-corrected chi connectivity index (χ4v) is 3.09. The van der Waals surface area contributed by atoms with Crippen molar-refractivity contribution < 1.29 is 27.1 Å². The van der Waals surface area contributed by atoms with Crippen LogP contribution in [0.4, 0.5) is 18.0 Å². The summed E-state index contributed by atoms with van der Waals surface area (Å²) in [7, 11) is -2.13. The molecule has 0 aliphatic carbocycles. The monoisotopic (exact) mass is 381 g/mol. The number of ether oxygens (including phenoxy) is 1. The molecule has 1 rings (SSSR count). The molecule has 1 amide bonds. The summed E-state index contributed by atoms with van der Waals surface area (Å²) in [5.74, 6) is 0. The highest BCUT2D eigenvalue weighted by Crippen LogP contribution is 2.39. The highest BCUT2D eigenvalue weighted by Gasteiger charge is 2.45. The maximum atomic E-state index is 13.1. The second kappa shape index (κ2) is 6.94. The molecule has 0 radical (unpaired) electrons. The summed E-state index contributed by atoms with van der Waals surface area (Å²) in [6, 6.07) is -0.708. The summed E-state index contributed by atoms with van der Waals surface area (Å²) < 4.78 is 50.6. The first-order valence-corrected chi connectivity index (χ1v) is 11.3. The number of hydrogen-bond donors (Lipinski definition) is 0. The van der Waals surface area contributed by atoms with E-state index in [1.807, 2.05) is 13.1 Å². The lowest BCUT2D eigenvalue weighted by Gasteiger charge is -2.38.